The van der Waals surface area contributed by atoms with E-state index in [-0.39, 0.29) is 6.09 Å². The lowest BCUT2D eigenvalue weighted by Gasteiger charge is -2.28. The molecule has 0 unspecified atom stereocenters. The lowest BCUT2D eigenvalue weighted by Crippen LogP contribution is -2.41. The molecule has 0 atom stereocenters. The fourth-order valence-corrected chi connectivity index (χ4v) is 2.07. The van der Waals surface area contributed by atoms with Crippen molar-refractivity contribution in [1.29, 1.82) is 0 Å². The molecule has 2 rings (SSSR count). The van der Waals surface area contributed by atoms with Crippen molar-refractivity contribution in [2.45, 2.75) is 12.8 Å². The predicted molar refractivity (Wildman–Crippen MR) is 59.3 cm³/mol. The molecule has 0 radical (unpaired) electrons. The summed E-state index contributed by atoms with van der Waals surface area (Å²) in [6.45, 7) is 5.22. The average Bonchev–Trinajstić information content (AvgIpc) is 2.38. The third kappa shape index (κ3) is 3.35. The van der Waals surface area contributed by atoms with Crippen LogP contribution in [0.5, 0.6) is 0 Å². The first-order chi connectivity index (χ1) is 7.86. The number of morpholine rings is 1. The van der Waals surface area contributed by atoms with E-state index >= 15 is 0 Å². The fraction of sp³-hybridized carbons (Fsp3) is 0.909. The minimum Gasteiger partial charge on any atom is -0.449 e. The monoisotopic (exact) mass is 228 g/mol. The van der Waals surface area contributed by atoms with Gasteiger partial charge in [-0.25, -0.2) is 4.79 Å². The second kappa shape index (κ2) is 6.06. The van der Waals surface area contributed by atoms with E-state index in [2.05, 4.69) is 5.32 Å². The lowest BCUT2D eigenvalue weighted by molar-refractivity contribution is 0.0214. The number of carbonyl (C=O) groups excluding carboxylic acids is 1. The Morgan fingerprint density at radius 2 is 2.00 bits per heavy atom. The number of ether oxygens (including phenoxy) is 2. The Hall–Kier alpha value is -0.810. The first-order valence-corrected chi connectivity index (χ1v) is 6.06. The molecule has 0 aromatic rings. The molecule has 1 amide bonds. The van der Waals surface area contributed by atoms with E-state index < -0.39 is 0 Å². The third-order valence-electron chi connectivity index (χ3n) is 3.17. The van der Waals surface area contributed by atoms with E-state index in [0.29, 0.717) is 38.8 Å². The zero-order valence-electron chi connectivity index (χ0n) is 9.61. The minimum atomic E-state index is -0.179. The molecule has 0 bridgehead atoms. The molecule has 2 fully saturated rings. The van der Waals surface area contributed by atoms with E-state index in [4.69, 9.17) is 9.47 Å². The van der Waals surface area contributed by atoms with Gasteiger partial charge in [0.15, 0.2) is 0 Å². The average molecular weight is 228 g/mol. The van der Waals surface area contributed by atoms with E-state index in [0.717, 1.165) is 25.9 Å². The van der Waals surface area contributed by atoms with Crippen LogP contribution in [0.25, 0.3) is 0 Å². The molecule has 0 spiro atoms. The van der Waals surface area contributed by atoms with Gasteiger partial charge in [-0.15, -0.1) is 0 Å². The van der Waals surface area contributed by atoms with E-state index in [9.17, 15) is 4.79 Å². The molecule has 0 aliphatic carbocycles. The fourth-order valence-electron chi connectivity index (χ4n) is 2.07. The van der Waals surface area contributed by atoms with Crippen molar-refractivity contribution in [1.82, 2.24) is 10.2 Å². The van der Waals surface area contributed by atoms with Gasteiger partial charge in [0.25, 0.3) is 0 Å². The SMILES string of the molecule is O=C(OCC1CCNCC1)N1CCOCC1. The van der Waals surface area contributed by atoms with Crippen molar-refractivity contribution in [2.75, 3.05) is 46.0 Å². The van der Waals surface area contributed by atoms with Crippen molar-refractivity contribution in [3.63, 3.8) is 0 Å². The first kappa shape index (κ1) is 11.7. The van der Waals surface area contributed by atoms with Crippen molar-refractivity contribution < 1.29 is 14.3 Å². The second-order valence-electron chi connectivity index (χ2n) is 4.37. The highest BCUT2D eigenvalue weighted by Gasteiger charge is 2.20. The van der Waals surface area contributed by atoms with E-state index in [1.165, 1.54) is 0 Å². The van der Waals surface area contributed by atoms with Gasteiger partial charge in [-0.05, 0) is 31.8 Å². The van der Waals surface area contributed by atoms with Crippen LogP contribution in [0.3, 0.4) is 0 Å². The van der Waals surface area contributed by atoms with Crippen molar-refractivity contribution in [2.24, 2.45) is 5.92 Å². The number of nitrogens with one attached hydrogen (secondary N) is 1. The quantitative estimate of drug-likeness (QED) is 0.746. The molecule has 92 valence electrons. The van der Waals surface area contributed by atoms with Crippen LogP contribution in [0.15, 0.2) is 0 Å². The Bertz CT molecular complexity index is 223. The maximum absolute atomic E-state index is 11.7. The van der Waals surface area contributed by atoms with Gasteiger partial charge < -0.3 is 19.7 Å². The van der Waals surface area contributed by atoms with Crippen LogP contribution in [-0.2, 0) is 9.47 Å². The van der Waals surface area contributed by atoms with Gasteiger partial charge >= 0.3 is 6.09 Å². The van der Waals surface area contributed by atoms with E-state index in [1.54, 1.807) is 4.90 Å². The standard InChI is InChI=1S/C11H20N2O3/c14-11(13-5-7-15-8-6-13)16-9-10-1-3-12-4-2-10/h10,12H,1-9H2. The Labute approximate surface area is 96.1 Å². The molecule has 0 aromatic carbocycles. The van der Waals surface area contributed by atoms with Crippen LogP contribution in [0, 0.1) is 5.92 Å². The van der Waals surface area contributed by atoms with Gasteiger partial charge in [0.05, 0.1) is 19.8 Å². The maximum Gasteiger partial charge on any atom is 0.409 e. The molecule has 16 heavy (non-hydrogen) atoms. The van der Waals surface area contributed by atoms with Crippen LogP contribution in [0.1, 0.15) is 12.8 Å². The van der Waals surface area contributed by atoms with Gasteiger partial charge in [0.2, 0.25) is 0 Å². The Morgan fingerprint density at radius 1 is 1.31 bits per heavy atom. The molecule has 0 aromatic heterocycles. The molecule has 2 saturated heterocycles. The highest BCUT2D eigenvalue weighted by molar-refractivity contribution is 5.67. The summed E-state index contributed by atoms with van der Waals surface area (Å²) < 4.78 is 10.5. The number of carbonyl (C=O) groups is 1. The number of rotatable bonds is 2. The molecule has 1 N–H and O–H groups in total. The molecular formula is C11H20N2O3. The molecular weight excluding hydrogens is 208 g/mol. The van der Waals surface area contributed by atoms with Crippen LogP contribution in [0.4, 0.5) is 4.79 Å². The number of piperidine rings is 1. The summed E-state index contributed by atoms with van der Waals surface area (Å²) >= 11 is 0. The second-order valence-corrected chi connectivity index (χ2v) is 4.37. The number of nitrogens with zero attached hydrogens (tertiary/aromatic N) is 1. The topological polar surface area (TPSA) is 50.8 Å². The summed E-state index contributed by atoms with van der Waals surface area (Å²) in [6.07, 6.45) is 2.04. The summed E-state index contributed by atoms with van der Waals surface area (Å²) in [5.74, 6) is 0.534. The Morgan fingerprint density at radius 3 is 2.69 bits per heavy atom. The summed E-state index contributed by atoms with van der Waals surface area (Å²) in [5, 5.41) is 3.30. The molecule has 5 nitrogen and oxygen atoms in total. The summed E-state index contributed by atoms with van der Waals surface area (Å²) in [7, 11) is 0. The van der Waals surface area contributed by atoms with Gasteiger partial charge in [-0.2, -0.15) is 0 Å². The van der Waals surface area contributed by atoms with Crippen molar-refractivity contribution in [3.05, 3.63) is 0 Å². The summed E-state index contributed by atoms with van der Waals surface area (Å²) in [4.78, 5) is 13.4. The summed E-state index contributed by atoms with van der Waals surface area (Å²) in [5.41, 5.74) is 0. The lowest BCUT2D eigenvalue weighted by atomic mass is 9.99. The molecule has 5 heteroatoms. The van der Waals surface area contributed by atoms with Gasteiger partial charge in [-0.1, -0.05) is 0 Å². The van der Waals surface area contributed by atoms with Crippen LogP contribution in [-0.4, -0.2) is 57.0 Å². The highest BCUT2D eigenvalue weighted by atomic mass is 16.6. The summed E-state index contributed by atoms with van der Waals surface area (Å²) in [6, 6.07) is 0. The largest absolute Gasteiger partial charge is 0.449 e. The zero-order chi connectivity index (χ0) is 11.2. The maximum atomic E-state index is 11.7. The van der Waals surface area contributed by atoms with Gasteiger partial charge in [-0.3, -0.25) is 0 Å². The van der Waals surface area contributed by atoms with Crippen molar-refractivity contribution in [3.8, 4) is 0 Å². The molecule has 2 heterocycles. The van der Waals surface area contributed by atoms with Gasteiger partial charge in [0, 0.05) is 13.1 Å². The number of hydrogen-bond donors (Lipinski definition) is 1. The first-order valence-electron chi connectivity index (χ1n) is 6.06. The van der Waals surface area contributed by atoms with Crippen LogP contribution in [0.2, 0.25) is 0 Å². The minimum absolute atomic E-state index is 0.179. The highest BCUT2D eigenvalue weighted by Crippen LogP contribution is 2.12. The van der Waals surface area contributed by atoms with Crippen LogP contribution < -0.4 is 5.32 Å². The number of amides is 1. The molecule has 2 aliphatic rings. The molecule has 2 aliphatic heterocycles. The number of hydrogen-bond acceptors (Lipinski definition) is 4. The Balaban J connectivity index is 1.65. The Kier molecular flexibility index (Phi) is 4.42. The third-order valence-corrected chi connectivity index (χ3v) is 3.17. The van der Waals surface area contributed by atoms with Gasteiger partial charge in [0.1, 0.15) is 0 Å². The zero-order valence-corrected chi connectivity index (χ0v) is 9.61. The smallest absolute Gasteiger partial charge is 0.409 e. The van der Waals surface area contributed by atoms with Crippen LogP contribution >= 0.6 is 0 Å². The van der Waals surface area contributed by atoms with E-state index in [1.807, 2.05) is 0 Å². The molecule has 0 saturated carbocycles. The van der Waals surface area contributed by atoms with Crippen molar-refractivity contribution >= 4 is 6.09 Å². The predicted octanol–water partition coefficient (Wildman–Crippen LogP) is 0.455. The normalized spacial score (nSPS) is 23.1.